The number of phosphoric ester groups is 1. The molecule has 10 nitrogen and oxygen atoms in total. The number of unbranched alkanes of at least 4 members (excludes halogenated alkanes) is 44. The Labute approximate surface area is 426 Å². The van der Waals surface area contributed by atoms with Gasteiger partial charge in [-0.2, -0.15) is 0 Å². The monoisotopic (exact) mass is 1000 g/mol. The van der Waals surface area contributed by atoms with Crippen molar-refractivity contribution in [2.24, 2.45) is 0 Å². The average molecular weight is 1000 g/mol. The van der Waals surface area contributed by atoms with Crippen molar-refractivity contribution < 1.29 is 47.8 Å². The summed E-state index contributed by atoms with van der Waals surface area (Å²) in [6.45, 7) is 2.48. The Balaban J connectivity index is 4.02. The number of aliphatic hydroxyl groups is 2. The minimum atomic E-state index is -4.62. The molecule has 0 aromatic heterocycles. The molecule has 1 unspecified atom stereocenters. The number of phosphoric acid groups is 1. The second kappa shape index (κ2) is 54.7. The number of hydrogen-bond acceptors (Lipinski definition) is 9. The van der Waals surface area contributed by atoms with Crippen LogP contribution in [0.5, 0.6) is 0 Å². The van der Waals surface area contributed by atoms with E-state index in [0.717, 1.165) is 32.1 Å². The molecule has 0 aromatic carbocycles. The Morgan fingerprint density at radius 3 is 0.899 bits per heavy atom. The van der Waals surface area contributed by atoms with E-state index in [-0.39, 0.29) is 19.4 Å². The summed E-state index contributed by atoms with van der Waals surface area (Å²) < 4.78 is 33.0. The lowest BCUT2D eigenvalue weighted by atomic mass is 10.0. The van der Waals surface area contributed by atoms with Crippen molar-refractivity contribution in [3.05, 3.63) is 0 Å². The summed E-state index contributed by atoms with van der Waals surface area (Å²) >= 11 is 0. The van der Waals surface area contributed by atoms with E-state index in [1.165, 1.54) is 250 Å². The molecule has 0 aliphatic rings. The molecule has 3 N–H and O–H groups in total. The molecule has 0 saturated carbocycles. The van der Waals surface area contributed by atoms with Crippen LogP contribution in [-0.2, 0) is 32.7 Å². The highest BCUT2D eigenvalue weighted by atomic mass is 31.2. The first-order valence-electron chi connectivity index (χ1n) is 30.0. The van der Waals surface area contributed by atoms with E-state index in [9.17, 15) is 24.2 Å². The number of esters is 2. The van der Waals surface area contributed by atoms with Crippen molar-refractivity contribution >= 4 is 19.8 Å². The van der Waals surface area contributed by atoms with Gasteiger partial charge in [0, 0.05) is 12.8 Å². The number of ether oxygens (including phenoxy) is 2. The SMILES string of the molecule is CCCCCCCCCCCCCCCCCCCCCCCCCC(=O)OC[C@H](COP(=O)(O)OC[C@@H](O)CO)OC(=O)CCCCCCCCCCCCCCCCCCCCCCCCC. The lowest BCUT2D eigenvalue weighted by Crippen LogP contribution is -2.29. The Morgan fingerprint density at radius 1 is 0.377 bits per heavy atom. The highest BCUT2D eigenvalue weighted by Crippen LogP contribution is 2.43. The maximum atomic E-state index is 12.7. The van der Waals surface area contributed by atoms with Gasteiger partial charge in [0.1, 0.15) is 12.7 Å². The van der Waals surface area contributed by atoms with E-state index in [1.807, 2.05) is 0 Å². The third-order valence-corrected chi connectivity index (χ3v) is 14.7. The van der Waals surface area contributed by atoms with Gasteiger partial charge in [-0.25, -0.2) is 4.57 Å². The van der Waals surface area contributed by atoms with E-state index in [1.54, 1.807) is 0 Å². The summed E-state index contributed by atoms with van der Waals surface area (Å²) in [7, 11) is -4.62. The third-order valence-electron chi connectivity index (χ3n) is 13.8. The second-order valence-corrected chi connectivity index (χ2v) is 22.2. The summed E-state index contributed by atoms with van der Waals surface area (Å²) in [6, 6.07) is 0. The molecule has 0 spiro atoms. The van der Waals surface area contributed by atoms with Crippen LogP contribution < -0.4 is 0 Å². The summed E-state index contributed by atoms with van der Waals surface area (Å²) in [5, 5.41) is 18.5. The fourth-order valence-corrected chi connectivity index (χ4v) is 9.97. The maximum Gasteiger partial charge on any atom is 0.472 e. The molecular formula is C58H115O10P. The quantitative estimate of drug-likeness (QED) is 0.0305. The lowest BCUT2D eigenvalue weighted by molar-refractivity contribution is -0.161. The summed E-state index contributed by atoms with van der Waals surface area (Å²) in [6.07, 6.45) is 58.0. The van der Waals surface area contributed by atoms with Crippen LogP contribution in [0, 0.1) is 0 Å². The van der Waals surface area contributed by atoms with Crippen molar-refractivity contribution in [1.82, 2.24) is 0 Å². The molecule has 0 radical (unpaired) electrons. The van der Waals surface area contributed by atoms with Gasteiger partial charge < -0.3 is 24.6 Å². The van der Waals surface area contributed by atoms with Crippen LogP contribution in [0.1, 0.15) is 322 Å². The smallest absolute Gasteiger partial charge is 0.462 e. The van der Waals surface area contributed by atoms with Gasteiger partial charge in [0.2, 0.25) is 0 Å². The summed E-state index contributed by atoms with van der Waals surface area (Å²) in [5.74, 6) is -0.897. The zero-order valence-corrected chi connectivity index (χ0v) is 46.5. The topological polar surface area (TPSA) is 149 Å². The largest absolute Gasteiger partial charge is 0.472 e. The second-order valence-electron chi connectivity index (χ2n) is 20.7. The molecule has 412 valence electrons. The molecule has 0 fully saturated rings. The first-order chi connectivity index (χ1) is 33.7. The van der Waals surface area contributed by atoms with Crippen molar-refractivity contribution in [3.8, 4) is 0 Å². The molecule has 0 heterocycles. The number of carbonyl (C=O) groups is 2. The van der Waals surface area contributed by atoms with Gasteiger partial charge in [-0.1, -0.05) is 296 Å². The van der Waals surface area contributed by atoms with Crippen LogP contribution in [0.15, 0.2) is 0 Å². The molecule has 0 rings (SSSR count). The predicted molar refractivity (Wildman–Crippen MR) is 289 cm³/mol. The van der Waals surface area contributed by atoms with Crippen molar-refractivity contribution in [1.29, 1.82) is 0 Å². The Morgan fingerprint density at radius 2 is 0.623 bits per heavy atom. The lowest BCUT2D eigenvalue weighted by Gasteiger charge is -2.20. The molecule has 0 bridgehead atoms. The van der Waals surface area contributed by atoms with Gasteiger partial charge >= 0.3 is 19.8 Å². The highest BCUT2D eigenvalue weighted by Gasteiger charge is 2.27. The fraction of sp³-hybridized carbons (Fsp3) is 0.966. The molecule has 0 aliphatic heterocycles. The molecule has 0 saturated heterocycles. The Bertz CT molecular complexity index is 1110. The van der Waals surface area contributed by atoms with Crippen LogP contribution >= 0.6 is 7.82 Å². The molecule has 0 aromatic rings. The van der Waals surface area contributed by atoms with Gasteiger partial charge in [-0.15, -0.1) is 0 Å². The van der Waals surface area contributed by atoms with Gasteiger partial charge in [-0.05, 0) is 12.8 Å². The minimum Gasteiger partial charge on any atom is -0.462 e. The molecule has 11 heteroatoms. The molecule has 3 atom stereocenters. The zero-order valence-electron chi connectivity index (χ0n) is 45.6. The van der Waals surface area contributed by atoms with Crippen molar-refractivity contribution in [2.75, 3.05) is 26.4 Å². The van der Waals surface area contributed by atoms with Crippen molar-refractivity contribution in [2.45, 2.75) is 334 Å². The standard InChI is InChI=1S/C58H115O10P/c1-3-5-7-9-11-13-15-17-19-21-23-25-27-29-31-33-35-37-39-41-43-45-47-49-57(61)65-53-56(54-67-69(63,64)66-52-55(60)51-59)68-58(62)50-48-46-44-42-40-38-36-34-32-30-28-26-24-22-20-18-16-14-12-10-8-6-4-2/h55-56,59-60H,3-54H2,1-2H3,(H,63,64)/t55-,56+/m0/s1. The Kier molecular flexibility index (Phi) is 53.9. The van der Waals surface area contributed by atoms with E-state index in [4.69, 9.17) is 23.6 Å². The Hall–Kier alpha value is -1.03. The van der Waals surface area contributed by atoms with E-state index < -0.39 is 51.8 Å². The van der Waals surface area contributed by atoms with Crippen molar-refractivity contribution in [3.63, 3.8) is 0 Å². The van der Waals surface area contributed by atoms with Crippen LogP contribution in [-0.4, -0.2) is 65.7 Å². The molecule has 69 heavy (non-hydrogen) atoms. The first-order valence-corrected chi connectivity index (χ1v) is 31.5. The fourth-order valence-electron chi connectivity index (χ4n) is 9.18. The molecule has 0 aliphatic carbocycles. The zero-order chi connectivity index (χ0) is 50.4. The van der Waals surface area contributed by atoms with E-state index >= 15 is 0 Å². The highest BCUT2D eigenvalue weighted by molar-refractivity contribution is 7.47. The maximum absolute atomic E-state index is 12.7. The van der Waals surface area contributed by atoms with Gasteiger partial charge in [0.25, 0.3) is 0 Å². The van der Waals surface area contributed by atoms with Crippen LogP contribution in [0.4, 0.5) is 0 Å². The van der Waals surface area contributed by atoms with Gasteiger partial charge in [0.15, 0.2) is 6.10 Å². The number of hydrogen-bond donors (Lipinski definition) is 3. The third kappa shape index (κ3) is 54.6. The summed E-state index contributed by atoms with van der Waals surface area (Å²) in [5.41, 5.74) is 0. The molecular weight excluding hydrogens is 888 g/mol. The van der Waals surface area contributed by atoms with E-state index in [0.29, 0.717) is 12.8 Å². The first kappa shape index (κ1) is 68.0. The van der Waals surface area contributed by atoms with Gasteiger partial charge in [0.05, 0.1) is 19.8 Å². The van der Waals surface area contributed by atoms with Gasteiger partial charge in [-0.3, -0.25) is 18.6 Å². The predicted octanol–water partition coefficient (Wildman–Crippen LogP) is 17.7. The van der Waals surface area contributed by atoms with E-state index in [2.05, 4.69) is 13.8 Å². The average Bonchev–Trinajstić information content (AvgIpc) is 3.34. The summed E-state index contributed by atoms with van der Waals surface area (Å²) in [4.78, 5) is 35.3. The molecule has 0 amide bonds. The van der Waals surface area contributed by atoms with Crippen LogP contribution in [0.25, 0.3) is 0 Å². The minimum absolute atomic E-state index is 0.194. The number of rotatable bonds is 58. The van der Waals surface area contributed by atoms with Crippen LogP contribution in [0.2, 0.25) is 0 Å². The normalized spacial score (nSPS) is 13.4. The number of aliphatic hydroxyl groups excluding tert-OH is 2. The number of carbonyl (C=O) groups excluding carboxylic acids is 2. The van der Waals surface area contributed by atoms with Crippen LogP contribution in [0.3, 0.4) is 0 Å².